The summed E-state index contributed by atoms with van der Waals surface area (Å²) in [7, 11) is 0. The monoisotopic (exact) mass is 186 g/mol. The van der Waals surface area contributed by atoms with Gasteiger partial charge in [-0.2, -0.15) is 10.4 Å². The van der Waals surface area contributed by atoms with Crippen LogP contribution in [0.3, 0.4) is 0 Å². The number of aromatic nitrogens is 3. The molecular weight excluding hydrogens is 176 g/mol. The smallest absolute Gasteiger partial charge is 0.171 e. The number of hydrogen-bond acceptors (Lipinski definition) is 3. The zero-order valence-electron chi connectivity index (χ0n) is 8.10. The van der Waals surface area contributed by atoms with Crippen LogP contribution in [0.5, 0.6) is 0 Å². The summed E-state index contributed by atoms with van der Waals surface area (Å²) in [5.74, 6) is 0.350. The minimum atomic E-state index is 0.350. The van der Waals surface area contributed by atoms with Crippen LogP contribution in [0.4, 0.5) is 0 Å². The summed E-state index contributed by atoms with van der Waals surface area (Å²) in [6.07, 6.45) is 3.47. The second kappa shape index (κ2) is 3.11. The minimum Gasteiger partial charge on any atom is -0.231 e. The second-order valence-corrected chi connectivity index (χ2v) is 3.45. The number of nitriles is 1. The van der Waals surface area contributed by atoms with E-state index in [-0.39, 0.29) is 0 Å². The lowest BCUT2D eigenvalue weighted by molar-refractivity contribution is 0.829. The van der Waals surface area contributed by atoms with Gasteiger partial charge in [-0.05, 0) is 12.0 Å². The zero-order chi connectivity index (χ0) is 10.1. The standard InChI is InChI=1S/C10H10N4/c1-7(2)9-6-14-10(13-9)8(5-11)3-4-12-14/h3-4,6-7H,1-2H3. The van der Waals surface area contributed by atoms with Crippen molar-refractivity contribution in [1.29, 1.82) is 5.26 Å². The Kier molecular flexibility index (Phi) is 1.93. The normalized spacial score (nSPS) is 10.7. The van der Waals surface area contributed by atoms with E-state index in [0.29, 0.717) is 17.1 Å². The first kappa shape index (κ1) is 8.70. The van der Waals surface area contributed by atoms with Crippen molar-refractivity contribution >= 4 is 5.65 Å². The zero-order valence-corrected chi connectivity index (χ0v) is 8.10. The largest absolute Gasteiger partial charge is 0.231 e. The van der Waals surface area contributed by atoms with Crippen molar-refractivity contribution in [3.8, 4) is 6.07 Å². The lowest BCUT2D eigenvalue weighted by atomic mass is 10.2. The van der Waals surface area contributed by atoms with Gasteiger partial charge in [0.05, 0.1) is 17.5 Å². The molecule has 70 valence electrons. The molecule has 0 saturated carbocycles. The Morgan fingerprint density at radius 2 is 2.29 bits per heavy atom. The Hall–Kier alpha value is -1.89. The Morgan fingerprint density at radius 1 is 1.50 bits per heavy atom. The van der Waals surface area contributed by atoms with Crippen LogP contribution in [-0.4, -0.2) is 14.6 Å². The quantitative estimate of drug-likeness (QED) is 0.681. The number of fused-ring (bicyclic) bond motifs is 1. The molecule has 0 aliphatic heterocycles. The Balaban J connectivity index is 2.72. The third-order valence-corrected chi connectivity index (χ3v) is 2.09. The summed E-state index contributed by atoms with van der Waals surface area (Å²) in [5.41, 5.74) is 2.16. The van der Waals surface area contributed by atoms with E-state index in [1.165, 1.54) is 0 Å². The first-order chi connectivity index (χ1) is 6.72. The van der Waals surface area contributed by atoms with Crippen molar-refractivity contribution in [3.05, 3.63) is 29.7 Å². The van der Waals surface area contributed by atoms with E-state index < -0.39 is 0 Å². The average Bonchev–Trinajstić information content (AvgIpc) is 2.60. The lowest BCUT2D eigenvalue weighted by Crippen LogP contribution is -1.91. The van der Waals surface area contributed by atoms with Crippen molar-refractivity contribution in [2.24, 2.45) is 0 Å². The summed E-state index contributed by atoms with van der Waals surface area (Å²) >= 11 is 0. The first-order valence-electron chi connectivity index (χ1n) is 4.46. The predicted molar refractivity (Wildman–Crippen MR) is 51.8 cm³/mol. The molecule has 0 aliphatic rings. The molecule has 4 nitrogen and oxygen atoms in total. The molecular formula is C10H10N4. The van der Waals surface area contributed by atoms with E-state index in [4.69, 9.17) is 5.26 Å². The molecule has 4 heteroatoms. The fraction of sp³-hybridized carbons (Fsp3) is 0.300. The highest BCUT2D eigenvalue weighted by Gasteiger charge is 2.08. The van der Waals surface area contributed by atoms with Crippen LogP contribution in [0.15, 0.2) is 18.5 Å². The van der Waals surface area contributed by atoms with Gasteiger partial charge < -0.3 is 0 Å². The Labute approximate surface area is 81.8 Å². The molecule has 2 aromatic heterocycles. The second-order valence-electron chi connectivity index (χ2n) is 3.45. The number of hydrogen-bond donors (Lipinski definition) is 0. The van der Waals surface area contributed by atoms with Crippen molar-refractivity contribution in [2.75, 3.05) is 0 Å². The van der Waals surface area contributed by atoms with Crippen LogP contribution in [-0.2, 0) is 0 Å². The number of imidazole rings is 1. The SMILES string of the molecule is CC(C)c1cn2nccc(C#N)c2n1. The van der Waals surface area contributed by atoms with E-state index in [1.807, 2.05) is 6.20 Å². The van der Waals surface area contributed by atoms with Crippen molar-refractivity contribution in [3.63, 3.8) is 0 Å². The average molecular weight is 186 g/mol. The maximum Gasteiger partial charge on any atom is 0.171 e. The summed E-state index contributed by atoms with van der Waals surface area (Å²) in [4.78, 5) is 4.36. The summed E-state index contributed by atoms with van der Waals surface area (Å²) in [6.45, 7) is 4.13. The lowest BCUT2D eigenvalue weighted by Gasteiger charge is -1.94. The molecule has 0 N–H and O–H groups in total. The van der Waals surface area contributed by atoms with E-state index in [1.54, 1.807) is 16.8 Å². The third-order valence-electron chi connectivity index (χ3n) is 2.09. The van der Waals surface area contributed by atoms with E-state index in [0.717, 1.165) is 5.69 Å². The molecule has 2 aromatic rings. The van der Waals surface area contributed by atoms with E-state index in [2.05, 4.69) is 30.0 Å². The molecule has 0 atom stereocenters. The van der Waals surface area contributed by atoms with Gasteiger partial charge in [0.1, 0.15) is 6.07 Å². The molecule has 0 radical (unpaired) electrons. The maximum atomic E-state index is 8.85. The fourth-order valence-corrected chi connectivity index (χ4v) is 1.28. The first-order valence-corrected chi connectivity index (χ1v) is 4.46. The van der Waals surface area contributed by atoms with Gasteiger partial charge in [0.15, 0.2) is 5.65 Å². The van der Waals surface area contributed by atoms with Crippen LogP contribution in [0.25, 0.3) is 5.65 Å². The van der Waals surface area contributed by atoms with Crippen molar-refractivity contribution in [1.82, 2.24) is 14.6 Å². The minimum absolute atomic E-state index is 0.350. The molecule has 0 unspecified atom stereocenters. The number of nitrogens with zero attached hydrogens (tertiary/aromatic N) is 4. The van der Waals surface area contributed by atoms with E-state index >= 15 is 0 Å². The predicted octanol–water partition coefficient (Wildman–Crippen LogP) is 1.72. The van der Waals surface area contributed by atoms with E-state index in [9.17, 15) is 0 Å². The molecule has 0 aromatic carbocycles. The molecule has 0 amide bonds. The maximum absolute atomic E-state index is 8.85. The van der Waals surface area contributed by atoms with Crippen LogP contribution < -0.4 is 0 Å². The molecule has 0 fully saturated rings. The highest BCUT2D eigenvalue weighted by molar-refractivity contribution is 5.54. The van der Waals surface area contributed by atoms with Gasteiger partial charge in [-0.1, -0.05) is 13.8 Å². The van der Waals surface area contributed by atoms with Gasteiger partial charge in [-0.3, -0.25) is 0 Å². The summed E-state index contributed by atoms with van der Waals surface area (Å²) < 4.78 is 1.65. The Morgan fingerprint density at radius 3 is 2.93 bits per heavy atom. The van der Waals surface area contributed by atoms with Gasteiger partial charge in [-0.15, -0.1) is 0 Å². The van der Waals surface area contributed by atoms with Gasteiger partial charge in [0, 0.05) is 6.20 Å². The topological polar surface area (TPSA) is 54.0 Å². The third kappa shape index (κ3) is 1.23. The Bertz CT molecular complexity index is 504. The fourth-order valence-electron chi connectivity index (χ4n) is 1.28. The highest BCUT2D eigenvalue weighted by atomic mass is 15.2. The molecule has 14 heavy (non-hydrogen) atoms. The summed E-state index contributed by atoms with van der Waals surface area (Å²) in [6, 6.07) is 3.77. The number of rotatable bonds is 1. The van der Waals surface area contributed by atoms with Crippen molar-refractivity contribution in [2.45, 2.75) is 19.8 Å². The van der Waals surface area contributed by atoms with Crippen molar-refractivity contribution < 1.29 is 0 Å². The van der Waals surface area contributed by atoms with Crippen LogP contribution in [0.2, 0.25) is 0 Å². The van der Waals surface area contributed by atoms with Gasteiger partial charge in [0.2, 0.25) is 0 Å². The molecule has 0 saturated heterocycles. The van der Waals surface area contributed by atoms with Crippen LogP contribution in [0, 0.1) is 11.3 Å². The van der Waals surface area contributed by atoms with Gasteiger partial charge in [0.25, 0.3) is 0 Å². The molecule has 0 spiro atoms. The molecule has 2 rings (SSSR count). The molecule has 0 aliphatic carbocycles. The molecule has 2 heterocycles. The highest BCUT2D eigenvalue weighted by Crippen LogP contribution is 2.15. The van der Waals surface area contributed by atoms with Crippen LogP contribution in [0.1, 0.15) is 31.0 Å². The summed E-state index contributed by atoms with van der Waals surface area (Å²) in [5, 5.41) is 12.9. The molecule has 0 bridgehead atoms. The van der Waals surface area contributed by atoms with Gasteiger partial charge >= 0.3 is 0 Å². The van der Waals surface area contributed by atoms with Crippen LogP contribution >= 0.6 is 0 Å². The van der Waals surface area contributed by atoms with Gasteiger partial charge in [-0.25, -0.2) is 9.50 Å².